The molecular weight excluding hydrogens is 390 g/mol. The number of benzene rings is 2. The number of hydrogen-bond donors (Lipinski definition) is 3. The van der Waals surface area contributed by atoms with Crippen molar-refractivity contribution in [2.24, 2.45) is 0 Å². The van der Waals surface area contributed by atoms with Crippen LogP contribution in [-0.2, 0) is 6.42 Å². The molecular formula is C24H21N5O2. The zero-order valence-corrected chi connectivity index (χ0v) is 17.0. The minimum absolute atomic E-state index is 0.117. The largest absolute Gasteiger partial charge is 0.478 e. The average molecular weight is 411 g/mol. The predicted molar refractivity (Wildman–Crippen MR) is 120 cm³/mol. The molecule has 4 heterocycles. The van der Waals surface area contributed by atoms with Crippen LogP contribution in [0.15, 0.2) is 60.8 Å². The molecule has 0 amide bonds. The molecule has 0 spiro atoms. The minimum Gasteiger partial charge on any atom is -0.478 e. The first-order valence-electron chi connectivity index (χ1n) is 10.3. The molecule has 4 aromatic rings. The number of para-hydroxylation sites is 2. The van der Waals surface area contributed by atoms with Gasteiger partial charge in [-0.3, -0.25) is 4.98 Å². The molecule has 6 rings (SSSR count). The fraction of sp³-hybridized carbons (Fsp3) is 0.167. The number of carboxylic acids is 1. The first-order valence-corrected chi connectivity index (χ1v) is 10.3. The highest BCUT2D eigenvalue weighted by atomic mass is 16.4. The maximum Gasteiger partial charge on any atom is 0.337 e. The Hall–Kier alpha value is -3.84. The van der Waals surface area contributed by atoms with Crippen LogP contribution in [0.4, 0.5) is 17.1 Å². The molecule has 7 heteroatoms. The Morgan fingerprint density at radius 2 is 1.97 bits per heavy atom. The number of aromatic nitrogens is 2. The maximum absolute atomic E-state index is 11.6. The Labute approximate surface area is 178 Å². The molecule has 2 aliphatic rings. The van der Waals surface area contributed by atoms with Crippen LogP contribution in [-0.4, -0.2) is 34.6 Å². The standard InChI is InChI=1S/C24H21N5O2/c1-28-23-15(6-4-8-20(23)29-12-10-14-5-2-3-7-19(14)29)22(27-28)18-13-17-21(26-18)16(24(30)31)9-11-25-17/h2-9,11,13,22,26-27H,10,12H2,1H3,(H,30,31). The molecule has 31 heavy (non-hydrogen) atoms. The second-order valence-corrected chi connectivity index (χ2v) is 8.02. The molecule has 1 atom stereocenters. The van der Waals surface area contributed by atoms with Crippen molar-refractivity contribution in [3.05, 3.63) is 83.2 Å². The number of carboxylic acid groups (broad SMARTS) is 1. The van der Waals surface area contributed by atoms with E-state index in [-0.39, 0.29) is 11.6 Å². The van der Waals surface area contributed by atoms with E-state index in [0.717, 1.165) is 29.9 Å². The van der Waals surface area contributed by atoms with Crippen molar-refractivity contribution in [1.82, 2.24) is 15.4 Å². The maximum atomic E-state index is 11.6. The lowest BCUT2D eigenvalue weighted by Gasteiger charge is -2.25. The number of hydrogen-bond acceptors (Lipinski definition) is 5. The molecule has 2 aromatic carbocycles. The number of aromatic amines is 1. The van der Waals surface area contributed by atoms with Crippen LogP contribution in [0.2, 0.25) is 0 Å². The minimum atomic E-state index is -0.965. The van der Waals surface area contributed by atoms with Crippen molar-refractivity contribution >= 4 is 34.1 Å². The monoisotopic (exact) mass is 411 g/mol. The van der Waals surface area contributed by atoms with Gasteiger partial charge < -0.3 is 20.0 Å². The number of anilines is 3. The van der Waals surface area contributed by atoms with Gasteiger partial charge in [-0.15, -0.1) is 0 Å². The number of rotatable bonds is 3. The second-order valence-electron chi connectivity index (χ2n) is 8.02. The lowest BCUT2D eigenvalue weighted by Crippen LogP contribution is -2.31. The summed E-state index contributed by atoms with van der Waals surface area (Å²) in [6.07, 6.45) is 2.57. The summed E-state index contributed by atoms with van der Waals surface area (Å²) in [6.45, 7) is 0.951. The average Bonchev–Trinajstić information content (AvgIpc) is 3.48. The van der Waals surface area contributed by atoms with E-state index in [1.807, 2.05) is 13.1 Å². The highest BCUT2D eigenvalue weighted by Gasteiger charge is 2.33. The molecule has 154 valence electrons. The van der Waals surface area contributed by atoms with Gasteiger partial charge in [0.15, 0.2) is 0 Å². The van der Waals surface area contributed by atoms with Crippen LogP contribution >= 0.6 is 0 Å². The van der Waals surface area contributed by atoms with E-state index in [2.05, 4.69) is 67.8 Å². The van der Waals surface area contributed by atoms with Crippen molar-refractivity contribution in [2.75, 3.05) is 23.5 Å². The van der Waals surface area contributed by atoms with E-state index >= 15 is 0 Å². The van der Waals surface area contributed by atoms with E-state index in [0.29, 0.717) is 11.0 Å². The fourth-order valence-electron chi connectivity index (χ4n) is 4.90. The molecule has 2 aliphatic heterocycles. The highest BCUT2D eigenvalue weighted by Crippen LogP contribution is 2.46. The SMILES string of the molecule is CN1NC(c2cc3nccc(C(=O)O)c3[nH]2)c2cccc(N3CCc4ccccc43)c21. The van der Waals surface area contributed by atoms with E-state index < -0.39 is 5.97 Å². The normalized spacial score (nSPS) is 17.3. The van der Waals surface area contributed by atoms with Crippen molar-refractivity contribution in [3.8, 4) is 0 Å². The van der Waals surface area contributed by atoms with Gasteiger partial charge in [0.05, 0.1) is 34.0 Å². The van der Waals surface area contributed by atoms with Crippen LogP contribution in [0, 0.1) is 0 Å². The van der Waals surface area contributed by atoms with Crippen LogP contribution < -0.4 is 15.3 Å². The van der Waals surface area contributed by atoms with Crippen LogP contribution in [0.1, 0.15) is 33.2 Å². The van der Waals surface area contributed by atoms with E-state index in [1.165, 1.54) is 29.2 Å². The fourth-order valence-corrected chi connectivity index (χ4v) is 4.90. The number of nitrogens with zero attached hydrogens (tertiary/aromatic N) is 3. The number of carbonyl (C=O) groups is 1. The zero-order valence-electron chi connectivity index (χ0n) is 17.0. The van der Waals surface area contributed by atoms with E-state index in [1.54, 1.807) is 0 Å². The molecule has 0 bridgehead atoms. The first-order chi connectivity index (χ1) is 15.1. The van der Waals surface area contributed by atoms with Gasteiger partial charge >= 0.3 is 5.97 Å². The lowest BCUT2D eigenvalue weighted by molar-refractivity contribution is 0.0698. The molecule has 3 N–H and O–H groups in total. The summed E-state index contributed by atoms with van der Waals surface area (Å²) >= 11 is 0. The van der Waals surface area contributed by atoms with Gasteiger partial charge in [0.2, 0.25) is 0 Å². The van der Waals surface area contributed by atoms with E-state index in [4.69, 9.17) is 0 Å². The van der Waals surface area contributed by atoms with Crippen molar-refractivity contribution in [2.45, 2.75) is 12.5 Å². The number of nitrogens with one attached hydrogen (secondary N) is 2. The summed E-state index contributed by atoms with van der Waals surface area (Å²) in [5.41, 5.74) is 11.9. The Morgan fingerprint density at radius 1 is 1.13 bits per heavy atom. The summed E-state index contributed by atoms with van der Waals surface area (Å²) in [4.78, 5) is 21.7. The quantitative estimate of drug-likeness (QED) is 0.473. The van der Waals surface area contributed by atoms with Crippen LogP contribution in [0.3, 0.4) is 0 Å². The number of hydrazine groups is 1. The molecule has 0 aliphatic carbocycles. The number of aromatic carboxylic acids is 1. The third-order valence-electron chi connectivity index (χ3n) is 6.28. The van der Waals surface area contributed by atoms with Gasteiger partial charge in [0, 0.05) is 36.7 Å². The highest BCUT2D eigenvalue weighted by molar-refractivity contribution is 6.01. The van der Waals surface area contributed by atoms with Crippen LogP contribution in [0.25, 0.3) is 11.0 Å². The third kappa shape index (κ3) is 2.63. The molecule has 2 aromatic heterocycles. The third-order valence-corrected chi connectivity index (χ3v) is 6.28. The number of pyridine rings is 1. The topological polar surface area (TPSA) is 84.5 Å². The summed E-state index contributed by atoms with van der Waals surface area (Å²) in [5.74, 6) is -0.965. The number of fused-ring (bicyclic) bond motifs is 3. The zero-order chi connectivity index (χ0) is 21.1. The molecule has 7 nitrogen and oxygen atoms in total. The molecule has 0 fully saturated rings. The summed E-state index contributed by atoms with van der Waals surface area (Å²) in [5, 5.41) is 11.6. The summed E-state index contributed by atoms with van der Waals surface area (Å²) in [7, 11) is 2.02. The molecule has 0 saturated heterocycles. The smallest absolute Gasteiger partial charge is 0.337 e. The second kappa shape index (κ2) is 6.58. The van der Waals surface area contributed by atoms with Gasteiger partial charge in [-0.05, 0) is 36.2 Å². The first kappa shape index (κ1) is 18.0. The Kier molecular flexibility index (Phi) is 3.82. The van der Waals surface area contributed by atoms with E-state index in [9.17, 15) is 9.90 Å². The Morgan fingerprint density at radius 3 is 2.84 bits per heavy atom. The van der Waals surface area contributed by atoms with Crippen molar-refractivity contribution < 1.29 is 9.90 Å². The van der Waals surface area contributed by atoms with Gasteiger partial charge in [-0.1, -0.05) is 30.3 Å². The van der Waals surface area contributed by atoms with Gasteiger partial charge in [-0.25, -0.2) is 10.2 Å². The van der Waals surface area contributed by atoms with Crippen LogP contribution in [0.5, 0.6) is 0 Å². The molecule has 1 unspecified atom stereocenters. The predicted octanol–water partition coefficient (Wildman–Crippen LogP) is 4.00. The van der Waals surface area contributed by atoms with Gasteiger partial charge in [0.1, 0.15) is 0 Å². The molecule has 0 radical (unpaired) electrons. The summed E-state index contributed by atoms with van der Waals surface area (Å²) < 4.78 is 0. The Balaban J connectivity index is 1.46. The van der Waals surface area contributed by atoms with Crippen molar-refractivity contribution in [1.29, 1.82) is 0 Å². The van der Waals surface area contributed by atoms with Gasteiger partial charge in [0.25, 0.3) is 0 Å². The summed E-state index contributed by atoms with van der Waals surface area (Å²) in [6, 6.07) is 18.3. The molecule has 0 saturated carbocycles. The Bertz CT molecular complexity index is 1350. The number of H-pyrrole nitrogens is 1. The van der Waals surface area contributed by atoms with Gasteiger partial charge in [-0.2, -0.15) is 0 Å². The van der Waals surface area contributed by atoms with Crippen molar-refractivity contribution in [3.63, 3.8) is 0 Å². The lowest BCUT2D eigenvalue weighted by atomic mass is 10.0.